The largest absolute Gasteiger partial charge is 0.496 e. The minimum absolute atomic E-state index is 0.130. The van der Waals surface area contributed by atoms with Crippen LogP contribution in [0.4, 0.5) is 0 Å². The van der Waals surface area contributed by atoms with Crippen LogP contribution in [0.1, 0.15) is 49.7 Å². The van der Waals surface area contributed by atoms with Gasteiger partial charge < -0.3 is 15.4 Å². The molecule has 6 aliphatic rings. The van der Waals surface area contributed by atoms with Crippen molar-refractivity contribution in [3.63, 3.8) is 0 Å². The van der Waals surface area contributed by atoms with Crippen LogP contribution in [0.25, 0.3) is 6.08 Å². The van der Waals surface area contributed by atoms with E-state index < -0.39 is 35.2 Å². The average Bonchev–Trinajstić information content (AvgIpc) is 3.51. The number of hydrogen-bond donors (Lipinski definition) is 3. The Hall–Kier alpha value is -3.67. The van der Waals surface area contributed by atoms with Gasteiger partial charge in [0.15, 0.2) is 0 Å². The lowest BCUT2D eigenvalue weighted by Gasteiger charge is -2.52. The highest BCUT2D eigenvalue weighted by Crippen LogP contribution is 2.55. The van der Waals surface area contributed by atoms with Gasteiger partial charge in [0, 0.05) is 23.5 Å². The number of carbonyl (C=O) groups excluding carboxylic acids is 4. The minimum atomic E-state index is -1.23. The molecule has 1 saturated heterocycles. The second-order valence-electron chi connectivity index (χ2n) is 11.2. The van der Waals surface area contributed by atoms with Gasteiger partial charge in [0.25, 0.3) is 0 Å². The van der Waals surface area contributed by atoms with Crippen molar-refractivity contribution in [2.45, 2.75) is 56.5 Å². The van der Waals surface area contributed by atoms with Gasteiger partial charge in [0.2, 0.25) is 23.6 Å². The first-order valence-corrected chi connectivity index (χ1v) is 13.1. The number of rotatable bonds is 7. The molecule has 1 aromatic carbocycles. The summed E-state index contributed by atoms with van der Waals surface area (Å²) < 4.78 is 5.42. The number of nitrogens with one attached hydrogen (secondary N) is 3. The maximum atomic E-state index is 13.6. The smallest absolute Gasteiger partial charge is 0.248 e. The van der Waals surface area contributed by atoms with Crippen LogP contribution in [0, 0.1) is 40.9 Å². The zero-order chi connectivity index (χ0) is 25.9. The van der Waals surface area contributed by atoms with Gasteiger partial charge in [-0.2, -0.15) is 5.26 Å². The Bertz CT molecular complexity index is 1280. The van der Waals surface area contributed by atoms with Gasteiger partial charge in [-0.05, 0) is 55.2 Å². The van der Waals surface area contributed by atoms with Crippen molar-refractivity contribution < 1.29 is 23.9 Å². The molecule has 5 aliphatic carbocycles. The lowest BCUT2D eigenvalue weighted by molar-refractivity contribution is -0.138. The van der Waals surface area contributed by atoms with Gasteiger partial charge >= 0.3 is 0 Å². The summed E-state index contributed by atoms with van der Waals surface area (Å²) in [4.78, 5) is 51.9. The third-order valence-electron chi connectivity index (χ3n) is 9.05. The van der Waals surface area contributed by atoms with Crippen molar-refractivity contribution in [2.24, 2.45) is 29.6 Å². The summed E-state index contributed by atoms with van der Waals surface area (Å²) in [6.45, 7) is 0. The van der Waals surface area contributed by atoms with Crippen LogP contribution < -0.4 is 20.7 Å². The Morgan fingerprint density at radius 1 is 1.19 bits per heavy atom. The van der Waals surface area contributed by atoms with Gasteiger partial charge in [-0.3, -0.25) is 24.5 Å². The van der Waals surface area contributed by atoms with Crippen LogP contribution >= 0.6 is 0 Å². The summed E-state index contributed by atoms with van der Waals surface area (Å²) in [7, 11) is 1.59. The fraction of sp³-hybridized carbons (Fsp3) is 0.536. The second kappa shape index (κ2) is 8.72. The van der Waals surface area contributed by atoms with Gasteiger partial charge in [-0.1, -0.05) is 25.0 Å². The van der Waals surface area contributed by atoms with E-state index >= 15 is 0 Å². The number of carbonyl (C=O) groups is 4. The van der Waals surface area contributed by atoms with Gasteiger partial charge in [-0.15, -0.1) is 0 Å². The third kappa shape index (κ3) is 3.90. The Morgan fingerprint density at radius 3 is 2.70 bits per heavy atom. The highest BCUT2D eigenvalue weighted by molar-refractivity contribution is 6.06. The molecule has 1 heterocycles. The molecular weight excluding hydrogens is 472 g/mol. The van der Waals surface area contributed by atoms with Crippen LogP contribution in [0.15, 0.2) is 23.8 Å². The maximum absolute atomic E-state index is 13.6. The van der Waals surface area contributed by atoms with E-state index in [9.17, 15) is 24.4 Å². The molecule has 1 aromatic rings. The number of methoxy groups -OCH3 is 1. The fourth-order valence-electron chi connectivity index (χ4n) is 7.09. The molecule has 0 aromatic heterocycles. The first kappa shape index (κ1) is 23.7. The minimum Gasteiger partial charge on any atom is -0.496 e. The standard InChI is InChI=1S/C28H30N4O5/c1-37-21-4-2-3-15-10-17(11-18(15)21)24(33)30-20(9-14-5-6-14)25(34)32-28(13-29)12-16-7-8-19(28)23-22(16)26(35)31-27(23)36/h2-4,11,14,16,19-20,22-23H,5-10,12H2,1H3,(H,30,33)(H,32,34)(H,31,35,36)/t16?,19?,20-,22-,23+,28+/m0/s1. The molecule has 6 atom stereocenters. The number of nitrogens with zero attached hydrogens (tertiary/aromatic N) is 1. The molecule has 1 aliphatic heterocycles. The highest BCUT2D eigenvalue weighted by Gasteiger charge is 2.64. The van der Waals surface area contributed by atoms with Gasteiger partial charge in [0.1, 0.15) is 17.3 Å². The summed E-state index contributed by atoms with van der Waals surface area (Å²) in [5.74, 6) is -1.82. The van der Waals surface area contributed by atoms with E-state index in [2.05, 4.69) is 22.0 Å². The predicted octanol–water partition coefficient (Wildman–Crippen LogP) is 1.62. The van der Waals surface area contributed by atoms with E-state index in [0.29, 0.717) is 42.9 Å². The van der Waals surface area contributed by atoms with Crippen LogP contribution in [0.3, 0.4) is 0 Å². The summed E-state index contributed by atoms with van der Waals surface area (Å²) in [6, 6.07) is 7.23. The predicted molar refractivity (Wildman–Crippen MR) is 131 cm³/mol. The van der Waals surface area contributed by atoms with Gasteiger partial charge in [-0.25, -0.2) is 0 Å². The quantitative estimate of drug-likeness (QED) is 0.485. The van der Waals surface area contributed by atoms with Crippen LogP contribution in [-0.4, -0.2) is 42.3 Å². The highest BCUT2D eigenvalue weighted by atomic mass is 16.5. The molecule has 9 heteroatoms. The molecule has 4 saturated carbocycles. The van der Waals surface area contributed by atoms with Crippen LogP contribution in [-0.2, 0) is 25.6 Å². The molecule has 2 bridgehead atoms. The van der Waals surface area contributed by atoms with E-state index in [1.807, 2.05) is 24.3 Å². The number of nitriles is 1. The Labute approximate surface area is 215 Å². The number of ether oxygens (including phenoxy) is 1. The third-order valence-corrected chi connectivity index (χ3v) is 9.05. The summed E-state index contributed by atoms with van der Waals surface area (Å²) in [5.41, 5.74) is 1.20. The van der Waals surface area contributed by atoms with Crippen LogP contribution in [0.2, 0.25) is 0 Å². The molecule has 0 radical (unpaired) electrons. The molecule has 3 N–H and O–H groups in total. The summed E-state index contributed by atoms with van der Waals surface area (Å²) >= 11 is 0. The Kier molecular flexibility index (Phi) is 5.59. The fourth-order valence-corrected chi connectivity index (χ4v) is 7.09. The van der Waals surface area contributed by atoms with E-state index in [1.165, 1.54) is 0 Å². The number of amides is 4. The molecule has 4 amide bonds. The van der Waals surface area contributed by atoms with Crippen LogP contribution in [0.5, 0.6) is 5.75 Å². The number of hydrogen-bond acceptors (Lipinski definition) is 6. The van der Waals surface area contributed by atoms with E-state index in [1.54, 1.807) is 7.11 Å². The molecule has 7 rings (SSSR count). The first-order valence-electron chi connectivity index (χ1n) is 13.1. The zero-order valence-electron chi connectivity index (χ0n) is 20.7. The van der Waals surface area contributed by atoms with Crippen molar-refractivity contribution in [2.75, 3.05) is 7.11 Å². The molecule has 5 fully saturated rings. The molecule has 9 nitrogen and oxygen atoms in total. The monoisotopic (exact) mass is 502 g/mol. The van der Waals surface area contributed by atoms with E-state index in [0.717, 1.165) is 30.4 Å². The maximum Gasteiger partial charge on any atom is 0.248 e. The lowest BCUT2D eigenvalue weighted by atomic mass is 9.52. The first-order chi connectivity index (χ1) is 17.8. The zero-order valence-corrected chi connectivity index (χ0v) is 20.7. The molecule has 192 valence electrons. The van der Waals surface area contributed by atoms with E-state index in [4.69, 9.17) is 4.74 Å². The SMILES string of the molecule is COc1cccc2c1C=C(C(=O)N[C@@H](CC1CC1)C(=O)N[C@@]1(C#N)CC3CCC1[C@H]1C(=O)NC(=O)[C@@H]31)C2. The summed E-state index contributed by atoms with van der Waals surface area (Å²) in [5, 5.41) is 18.6. The number of imide groups is 1. The van der Waals surface area contributed by atoms with E-state index in [-0.39, 0.29) is 23.6 Å². The molecule has 2 unspecified atom stereocenters. The number of benzene rings is 1. The molecule has 0 spiro atoms. The van der Waals surface area contributed by atoms with Gasteiger partial charge in [0.05, 0.1) is 25.0 Å². The Morgan fingerprint density at radius 2 is 1.97 bits per heavy atom. The summed E-state index contributed by atoms with van der Waals surface area (Å²) in [6.07, 6.45) is 6.47. The second-order valence-corrected chi connectivity index (χ2v) is 11.2. The lowest BCUT2D eigenvalue weighted by Crippen LogP contribution is -2.66. The van der Waals surface area contributed by atoms with Crippen molar-refractivity contribution in [1.29, 1.82) is 5.26 Å². The van der Waals surface area contributed by atoms with Crippen molar-refractivity contribution in [3.8, 4) is 11.8 Å². The Balaban J connectivity index is 1.21. The number of fused-ring (bicyclic) bond motifs is 3. The normalized spacial score (nSPS) is 31.9. The molecule has 37 heavy (non-hydrogen) atoms. The van der Waals surface area contributed by atoms with Crippen molar-refractivity contribution in [3.05, 3.63) is 34.9 Å². The molecular formula is C28H30N4O5. The van der Waals surface area contributed by atoms with Crippen molar-refractivity contribution in [1.82, 2.24) is 16.0 Å². The average molecular weight is 503 g/mol. The topological polar surface area (TPSA) is 137 Å². The van der Waals surface area contributed by atoms with Crippen molar-refractivity contribution >= 4 is 29.7 Å².